The summed E-state index contributed by atoms with van der Waals surface area (Å²) in [5, 5.41) is 18.3. The van der Waals surface area contributed by atoms with Crippen molar-refractivity contribution in [3.63, 3.8) is 0 Å². The zero-order valence-corrected chi connectivity index (χ0v) is 47.8. The van der Waals surface area contributed by atoms with Gasteiger partial charge < -0.3 is 69.9 Å². The Balaban J connectivity index is 0.000000188. The lowest BCUT2D eigenvalue weighted by Gasteiger charge is -2.18. The summed E-state index contributed by atoms with van der Waals surface area (Å²) < 4.78 is 55.4. The molecule has 0 aliphatic carbocycles. The van der Waals surface area contributed by atoms with E-state index in [2.05, 4.69) is 44.9 Å². The Morgan fingerprint density at radius 3 is 1.24 bits per heavy atom. The average Bonchev–Trinajstić information content (AvgIpc) is 4.33. The van der Waals surface area contributed by atoms with Gasteiger partial charge in [0.15, 0.2) is 6.35 Å². The van der Waals surface area contributed by atoms with Gasteiger partial charge in [-0.25, -0.2) is 15.0 Å². The second-order valence-corrected chi connectivity index (χ2v) is 21.9. The van der Waals surface area contributed by atoms with Gasteiger partial charge in [-0.05, 0) is 68.1 Å². The number of aromatic amines is 6. The van der Waals surface area contributed by atoms with Gasteiger partial charge in [-0.3, -0.25) is 38.5 Å². The number of aliphatic hydroxyl groups excluding tert-OH is 1. The summed E-state index contributed by atoms with van der Waals surface area (Å²) >= 11 is 0. The lowest BCUT2D eigenvalue weighted by Crippen LogP contribution is -2.11. The number of nitrogen functional groups attached to an aromatic ring is 3. The molecule has 6 aromatic heterocycles. The van der Waals surface area contributed by atoms with Crippen LogP contribution in [0.1, 0.15) is 74.1 Å². The van der Waals surface area contributed by atoms with Gasteiger partial charge in [0.2, 0.25) is 17.8 Å². The SMILES string of the molecule is C.CCOP(=O)(CO)OCC.CCOP(=O)(COc1ccccc1Cc1c[nH]c2c(=O)[nH]c(N)nc12)OCC.Nc1nc2c(Cc3ccccc3O)c[nH]c2c(=O)[nH]1.Nc1nc2c(Cc3ccccc3OCc3ccccc3)c[nH]c2c(=O)[nH]1. The van der Waals surface area contributed by atoms with Crippen molar-refractivity contribution < 1.29 is 46.9 Å². The van der Waals surface area contributed by atoms with E-state index in [9.17, 15) is 28.6 Å². The number of H-pyrrole nitrogens is 6. The van der Waals surface area contributed by atoms with Crippen LogP contribution in [-0.4, -0.2) is 94.2 Å². The normalized spacial score (nSPS) is 11.2. The fourth-order valence-corrected chi connectivity index (χ4v) is 10.7. The third-order valence-corrected chi connectivity index (χ3v) is 15.5. The summed E-state index contributed by atoms with van der Waals surface area (Å²) in [6.07, 6.45) is 5.98. The number of hydrogen-bond donors (Lipinski definition) is 11. The van der Waals surface area contributed by atoms with E-state index in [4.69, 9.17) is 49.9 Å². The standard InChI is InChI=1S/C20H18N4O2.C18H23N4O5P.C13H12N4O2.C5H13O4P.CH4/c21-20-23-17-15(11-22-18(17)19(25)24-20)10-14-8-4-5-9-16(14)26-12-13-6-2-1-3-7-13;1-3-26-28(24,27-4-2)11-25-14-8-6-5-7-12(14)9-13-10-20-16-15(13)21-18(19)22-17(16)23;14-13-16-10-8(6-15-11(10)12(19)17-13)5-7-3-1-2-4-9(7)18;1-3-8-10(7,5-6)9-4-2;/h1-9,11,22H,10,12H2,(H3,21,23,24,25);5-8,10,20H,3-4,9,11H2,1-2H3,(H3,19,21,22,23);1-4,6,15,18H,5H2,(H3,14,16,17,19);6H,3-5H2,1-2H3;1H4. The van der Waals surface area contributed by atoms with Gasteiger partial charge in [0.25, 0.3) is 16.7 Å². The molecule has 0 bridgehead atoms. The molecule has 0 amide bonds. The maximum Gasteiger partial charge on any atom is 0.367 e. The number of hydrogen-bond acceptors (Lipinski definition) is 19. The van der Waals surface area contributed by atoms with Crippen LogP contribution in [0.3, 0.4) is 0 Å². The monoisotopic (exact) mass is 1190 g/mol. The minimum absolute atomic E-state index is 0. The van der Waals surface area contributed by atoms with Crippen molar-refractivity contribution in [1.29, 1.82) is 0 Å². The van der Waals surface area contributed by atoms with Crippen LogP contribution in [0.15, 0.2) is 136 Å². The van der Waals surface area contributed by atoms with Gasteiger partial charge in [0.05, 0.1) is 26.4 Å². The number of phenols is 1. The number of aromatic hydroxyl groups is 1. The van der Waals surface area contributed by atoms with Crippen LogP contribution in [0, 0.1) is 0 Å². The van der Waals surface area contributed by atoms with E-state index in [1.165, 1.54) is 0 Å². The highest BCUT2D eigenvalue weighted by Gasteiger charge is 2.26. The van der Waals surface area contributed by atoms with E-state index >= 15 is 0 Å². The van der Waals surface area contributed by atoms with Gasteiger partial charge >= 0.3 is 15.2 Å². The van der Waals surface area contributed by atoms with E-state index in [0.29, 0.717) is 64.7 Å². The second kappa shape index (κ2) is 30.5. The predicted molar refractivity (Wildman–Crippen MR) is 325 cm³/mol. The van der Waals surface area contributed by atoms with E-state index in [-0.39, 0.29) is 80.5 Å². The van der Waals surface area contributed by atoms with Gasteiger partial charge in [-0.15, -0.1) is 0 Å². The Hall–Kier alpha value is -8.80. The molecule has 0 radical (unpaired) electrons. The molecule has 84 heavy (non-hydrogen) atoms. The first kappa shape index (κ1) is 64.4. The number of phenolic OH excluding ortho intramolecular Hbond substituents is 1. The van der Waals surface area contributed by atoms with E-state index < -0.39 is 21.5 Å². The third-order valence-electron chi connectivity index (χ3n) is 12.1. The van der Waals surface area contributed by atoms with Crippen molar-refractivity contribution in [1.82, 2.24) is 44.9 Å². The molecular weight excluding hydrogens is 1120 g/mol. The van der Waals surface area contributed by atoms with Crippen LogP contribution in [0.5, 0.6) is 17.2 Å². The Morgan fingerprint density at radius 2 is 0.833 bits per heavy atom. The second-order valence-electron chi connectivity index (χ2n) is 17.9. The molecule has 0 saturated carbocycles. The zero-order valence-electron chi connectivity index (χ0n) is 46.0. The number of nitrogens with zero attached hydrogens (tertiary/aromatic N) is 3. The van der Waals surface area contributed by atoms with Gasteiger partial charge in [-0.1, -0.05) is 92.4 Å². The molecule has 4 aromatic carbocycles. The summed E-state index contributed by atoms with van der Waals surface area (Å²) in [4.78, 5) is 64.4. The molecule has 0 spiro atoms. The van der Waals surface area contributed by atoms with Crippen LogP contribution >= 0.6 is 15.2 Å². The van der Waals surface area contributed by atoms with Gasteiger partial charge in [0.1, 0.15) is 63.3 Å². The van der Waals surface area contributed by atoms with Crippen molar-refractivity contribution in [2.24, 2.45) is 0 Å². The van der Waals surface area contributed by atoms with Crippen molar-refractivity contribution in [2.45, 2.75) is 61.0 Å². The highest BCUT2D eigenvalue weighted by molar-refractivity contribution is 7.53. The molecule has 0 aliphatic rings. The van der Waals surface area contributed by atoms with Crippen LogP contribution in [-0.2, 0) is 53.1 Å². The average molecular weight is 1190 g/mol. The van der Waals surface area contributed by atoms with Crippen LogP contribution < -0.4 is 43.4 Å². The number of aromatic nitrogens is 9. The van der Waals surface area contributed by atoms with Crippen molar-refractivity contribution in [3.8, 4) is 17.2 Å². The van der Waals surface area contributed by atoms with Crippen LogP contribution in [0.4, 0.5) is 17.8 Å². The molecular formula is C57H70N12O13P2. The molecule has 0 atom stereocenters. The highest BCUT2D eigenvalue weighted by atomic mass is 31.2. The first-order valence-corrected chi connectivity index (χ1v) is 29.6. The smallest absolute Gasteiger partial charge is 0.367 e. The minimum atomic E-state index is -3.33. The summed E-state index contributed by atoms with van der Waals surface area (Å²) in [5.74, 6) is 1.82. The fraction of sp³-hybridized carbons (Fsp3) is 0.263. The number of benzene rings is 4. The summed E-state index contributed by atoms with van der Waals surface area (Å²) in [7, 11) is -6.47. The maximum absolute atomic E-state index is 12.6. The number of para-hydroxylation sites is 3. The molecule has 0 aliphatic heterocycles. The number of anilines is 3. The van der Waals surface area contributed by atoms with E-state index in [1.54, 1.807) is 64.5 Å². The molecule has 10 rings (SSSR count). The lowest BCUT2D eigenvalue weighted by molar-refractivity contribution is 0.191. The largest absolute Gasteiger partial charge is 0.508 e. The third kappa shape index (κ3) is 17.1. The van der Waals surface area contributed by atoms with E-state index in [1.807, 2.05) is 84.9 Å². The Bertz CT molecular complexity index is 4010. The highest BCUT2D eigenvalue weighted by Crippen LogP contribution is 2.48. The summed E-state index contributed by atoms with van der Waals surface area (Å²) in [6.45, 7) is 8.49. The number of fused-ring (bicyclic) bond motifs is 3. The quantitative estimate of drug-likeness (QED) is 0.0299. The molecule has 0 fully saturated rings. The summed E-state index contributed by atoms with van der Waals surface area (Å²) in [5.41, 5.74) is 25.0. The topological polar surface area (TPSA) is 393 Å². The fourth-order valence-electron chi connectivity index (χ4n) is 8.42. The molecule has 446 valence electrons. The lowest BCUT2D eigenvalue weighted by atomic mass is 10.1. The Kier molecular flexibility index (Phi) is 23.4. The first-order chi connectivity index (χ1) is 40.0. The van der Waals surface area contributed by atoms with Crippen LogP contribution in [0.2, 0.25) is 0 Å². The molecule has 25 nitrogen and oxygen atoms in total. The first-order valence-electron chi connectivity index (χ1n) is 26.2. The number of aliphatic hydroxyl groups is 1. The number of nitrogens with two attached hydrogens (primary N) is 3. The number of ether oxygens (including phenoxy) is 2. The molecule has 10 aromatic rings. The van der Waals surface area contributed by atoms with Crippen molar-refractivity contribution in [2.75, 3.05) is 56.3 Å². The molecule has 27 heteroatoms. The van der Waals surface area contributed by atoms with Crippen molar-refractivity contribution >= 4 is 66.1 Å². The molecule has 0 unspecified atom stereocenters. The van der Waals surface area contributed by atoms with Gasteiger partial charge in [-0.2, -0.15) is 0 Å². The Morgan fingerprint density at radius 1 is 0.476 bits per heavy atom. The van der Waals surface area contributed by atoms with E-state index in [0.717, 1.165) is 44.7 Å². The zero-order chi connectivity index (χ0) is 59.5. The van der Waals surface area contributed by atoms with Gasteiger partial charge in [0, 0.05) is 54.5 Å². The number of rotatable bonds is 21. The molecule has 6 heterocycles. The Labute approximate surface area is 482 Å². The predicted octanol–water partition coefficient (Wildman–Crippen LogP) is 9.00. The summed E-state index contributed by atoms with van der Waals surface area (Å²) in [6, 6.07) is 32.3. The van der Waals surface area contributed by atoms with Crippen LogP contribution in [0.25, 0.3) is 33.1 Å². The maximum atomic E-state index is 12.6. The molecule has 14 N–H and O–H groups in total. The minimum Gasteiger partial charge on any atom is -0.508 e. The number of nitrogens with one attached hydrogen (secondary N) is 6. The van der Waals surface area contributed by atoms with Crippen molar-refractivity contribution in [3.05, 3.63) is 192 Å². The molecule has 0 saturated heterocycles.